The molecular weight excluding hydrogens is 308 g/mol. The molecule has 0 spiro atoms. The van der Waals surface area contributed by atoms with Gasteiger partial charge in [0.1, 0.15) is 0 Å². The quantitative estimate of drug-likeness (QED) is 0.662. The Morgan fingerprint density at radius 3 is 2.33 bits per heavy atom. The lowest BCUT2D eigenvalue weighted by Crippen LogP contribution is -2.22. The zero-order valence-electron chi connectivity index (χ0n) is 11.9. The van der Waals surface area contributed by atoms with Gasteiger partial charge in [-0.3, -0.25) is 0 Å². The summed E-state index contributed by atoms with van der Waals surface area (Å²) in [7, 11) is -8.11. The first kappa shape index (κ1) is 16.6. The van der Waals surface area contributed by atoms with Crippen molar-refractivity contribution in [2.45, 2.75) is 44.0 Å². The van der Waals surface area contributed by atoms with Gasteiger partial charge in [0.2, 0.25) is 0 Å². The maximum absolute atomic E-state index is 13.6. The maximum atomic E-state index is 13.6. The highest BCUT2D eigenvalue weighted by atomic mass is 32.5. The average Bonchev–Trinajstić information content (AvgIpc) is 2.46. The van der Waals surface area contributed by atoms with Crippen molar-refractivity contribution in [2.24, 2.45) is 0 Å². The van der Waals surface area contributed by atoms with E-state index in [0.717, 1.165) is 38.3 Å². The second-order valence-corrected chi connectivity index (χ2v) is 8.81. The lowest BCUT2D eigenvalue weighted by Gasteiger charge is -2.49. The molecule has 1 heterocycles. The van der Waals surface area contributed by atoms with Gasteiger partial charge in [-0.15, -0.1) is 15.5 Å². The van der Waals surface area contributed by atoms with E-state index in [0.29, 0.717) is 12.2 Å². The normalized spacial score (nSPS) is 23.4. The monoisotopic (exact) mass is 328 g/mol. The standard InChI is InChI=1S/C14H20F4O2S/c1-2-21(15,16,17,18)13-8-6-12(7-9-13)11-20-14-5-3-4-10-19-14/h6-9,14H,2-5,10-11H2,1H3. The van der Waals surface area contributed by atoms with Crippen LogP contribution in [-0.2, 0) is 16.1 Å². The summed E-state index contributed by atoms with van der Waals surface area (Å²) in [6, 6.07) is 4.11. The summed E-state index contributed by atoms with van der Waals surface area (Å²) >= 11 is 0. The fourth-order valence-corrected chi connectivity index (χ4v) is 3.16. The summed E-state index contributed by atoms with van der Waals surface area (Å²) in [4.78, 5) is -1.19. The van der Waals surface area contributed by atoms with E-state index < -0.39 is 20.5 Å². The third-order valence-electron chi connectivity index (χ3n) is 3.60. The summed E-state index contributed by atoms with van der Waals surface area (Å²) in [6.07, 6.45) is 2.50. The maximum Gasteiger partial charge on any atom is 0.186 e. The number of ether oxygens (including phenoxy) is 2. The smallest absolute Gasteiger partial charge is 0.186 e. The van der Waals surface area contributed by atoms with Crippen LogP contribution in [0.2, 0.25) is 0 Å². The van der Waals surface area contributed by atoms with Gasteiger partial charge in [-0.05, 0) is 43.9 Å². The molecular formula is C14H20F4O2S. The second kappa shape index (κ2) is 5.14. The van der Waals surface area contributed by atoms with Crippen LogP contribution in [0, 0.1) is 0 Å². The molecule has 0 aliphatic carbocycles. The van der Waals surface area contributed by atoms with Gasteiger partial charge in [-0.1, -0.05) is 12.1 Å². The summed E-state index contributed by atoms with van der Waals surface area (Å²) < 4.78 is 65.3. The molecule has 1 aromatic carbocycles. The molecule has 2 rings (SSSR count). The van der Waals surface area contributed by atoms with Gasteiger partial charge >= 0.3 is 0 Å². The van der Waals surface area contributed by atoms with Gasteiger partial charge in [0.25, 0.3) is 0 Å². The van der Waals surface area contributed by atoms with E-state index in [1.165, 1.54) is 12.1 Å². The fourth-order valence-electron chi connectivity index (χ4n) is 2.09. The van der Waals surface area contributed by atoms with Crippen molar-refractivity contribution >= 4 is 9.84 Å². The largest absolute Gasteiger partial charge is 0.353 e. The Balaban J connectivity index is 2.02. The van der Waals surface area contributed by atoms with Crippen LogP contribution in [0.5, 0.6) is 0 Å². The zero-order valence-corrected chi connectivity index (χ0v) is 12.7. The Hall–Kier alpha value is -0.790. The molecule has 1 fully saturated rings. The molecule has 0 amide bonds. The molecule has 1 aliphatic rings. The molecule has 1 atom stereocenters. The molecule has 7 heteroatoms. The number of hydrogen-bond acceptors (Lipinski definition) is 2. The summed E-state index contributed by atoms with van der Waals surface area (Å²) in [6.45, 7) is 1.60. The number of rotatable bonds is 5. The van der Waals surface area contributed by atoms with E-state index in [9.17, 15) is 15.5 Å². The summed E-state index contributed by atoms with van der Waals surface area (Å²) in [5, 5.41) is 0. The van der Waals surface area contributed by atoms with Gasteiger partial charge < -0.3 is 9.47 Å². The highest BCUT2D eigenvalue weighted by Gasteiger charge is 2.62. The van der Waals surface area contributed by atoms with Crippen molar-refractivity contribution in [3.8, 4) is 0 Å². The first-order valence-electron chi connectivity index (χ1n) is 6.95. The molecule has 1 unspecified atom stereocenters. The molecule has 0 bridgehead atoms. The van der Waals surface area contributed by atoms with Crippen LogP contribution in [0.4, 0.5) is 15.5 Å². The van der Waals surface area contributed by atoms with Crippen LogP contribution in [0.1, 0.15) is 31.7 Å². The minimum absolute atomic E-state index is 0.158. The van der Waals surface area contributed by atoms with Crippen molar-refractivity contribution in [2.75, 3.05) is 12.4 Å². The van der Waals surface area contributed by atoms with E-state index in [4.69, 9.17) is 9.47 Å². The lowest BCUT2D eigenvalue weighted by molar-refractivity contribution is -0.168. The first-order valence-corrected chi connectivity index (χ1v) is 9.17. The van der Waals surface area contributed by atoms with E-state index in [1.54, 1.807) is 0 Å². The lowest BCUT2D eigenvalue weighted by atomic mass is 10.2. The van der Waals surface area contributed by atoms with Crippen molar-refractivity contribution < 1.29 is 25.0 Å². The molecule has 2 nitrogen and oxygen atoms in total. The zero-order chi connectivity index (χ0) is 15.6. The molecule has 1 aliphatic heterocycles. The summed E-state index contributed by atoms with van der Waals surface area (Å²) in [5.74, 6) is -1.47. The second-order valence-electron chi connectivity index (χ2n) is 5.28. The van der Waals surface area contributed by atoms with Crippen molar-refractivity contribution in [3.63, 3.8) is 0 Å². The molecule has 0 radical (unpaired) electrons. The number of halogens is 4. The Kier molecular flexibility index (Phi) is 4.06. The van der Waals surface area contributed by atoms with Crippen molar-refractivity contribution in [1.82, 2.24) is 0 Å². The first-order chi connectivity index (χ1) is 9.63. The molecule has 21 heavy (non-hydrogen) atoms. The van der Waals surface area contributed by atoms with Gasteiger partial charge in [0.15, 0.2) is 16.1 Å². The third-order valence-corrected chi connectivity index (χ3v) is 6.08. The molecule has 1 saturated heterocycles. The van der Waals surface area contributed by atoms with E-state index in [1.807, 2.05) is 0 Å². The van der Waals surface area contributed by atoms with Crippen LogP contribution in [0.15, 0.2) is 29.2 Å². The Morgan fingerprint density at radius 2 is 1.81 bits per heavy atom. The van der Waals surface area contributed by atoms with E-state index in [-0.39, 0.29) is 12.9 Å². The molecule has 1 aromatic rings. The van der Waals surface area contributed by atoms with Crippen molar-refractivity contribution in [3.05, 3.63) is 29.8 Å². The predicted octanol–water partition coefficient (Wildman–Crippen LogP) is 5.52. The van der Waals surface area contributed by atoms with Crippen molar-refractivity contribution in [1.29, 1.82) is 0 Å². The van der Waals surface area contributed by atoms with E-state index >= 15 is 0 Å². The van der Waals surface area contributed by atoms with Crippen LogP contribution in [0.25, 0.3) is 0 Å². The van der Waals surface area contributed by atoms with Gasteiger partial charge in [-0.25, -0.2) is 0 Å². The minimum atomic E-state index is -8.11. The SMILES string of the molecule is CCS(F)(F)(F)(F)c1ccc(COC2CCCCO2)cc1. The Bertz CT molecular complexity index is 491. The topological polar surface area (TPSA) is 18.5 Å². The molecule has 0 saturated carbocycles. The Labute approximate surface area is 121 Å². The van der Waals surface area contributed by atoms with Crippen LogP contribution in [-0.4, -0.2) is 18.6 Å². The number of benzene rings is 1. The summed E-state index contributed by atoms with van der Waals surface area (Å²) in [5.41, 5.74) is 0.567. The molecule has 0 N–H and O–H groups in total. The third kappa shape index (κ3) is 4.11. The molecule has 122 valence electrons. The highest BCUT2D eigenvalue weighted by molar-refractivity contribution is 8.49. The molecule has 0 aromatic heterocycles. The van der Waals surface area contributed by atoms with E-state index in [2.05, 4.69) is 0 Å². The van der Waals surface area contributed by atoms with Crippen LogP contribution < -0.4 is 0 Å². The number of hydrogen-bond donors (Lipinski definition) is 0. The Morgan fingerprint density at radius 1 is 1.14 bits per heavy atom. The fraction of sp³-hybridized carbons (Fsp3) is 0.571. The van der Waals surface area contributed by atoms with Gasteiger partial charge in [-0.2, -0.15) is 0 Å². The minimum Gasteiger partial charge on any atom is -0.353 e. The van der Waals surface area contributed by atoms with Gasteiger partial charge in [0, 0.05) is 6.61 Å². The van der Waals surface area contributed by atoms with Gasteiger partial charge in [0.05, 0.1) is 17.3 Å². The highest BCUT2D eigenvalue weighted by Crippen LogP contribution is 3.00. The predicted molar refractivity (Wildman–Crippen MR) is 75.7 cm³/mol. The van der Waals surface area contributed by atoms with Crippen LogP contribution >= 0.6 is 9.84 Å². The van der Waals surface area contributed by atoms with Crippen LogP contribution in [0.3, 0.4) is 0 Å². The average molecular weight is 328 g/mol.